The zero-order valence-corrected chi connectivity index (χ0v) is 24.2. The van der Waals surface area contributed by atoms with Crippen LogP contribution in [0.2, 0.25) is 6.04 Å². The number of hydrogen-bond donors (Lipinski definition) is 0. The zero-order chi connectivity index (χ0) is 28.1. The topological polar surface area (TPSA) is 107 Å². The van der Waals surface area contributed by atoms with Gasteiger partial charge in [-0.15, -0.1) is 0 Å². The first kappa shape index (κ1) is 34.2. The predicted molar refractivity (Wildman–Crippen MR) is 143 cm³/mol. The highest BCUT2D eigenvalue weighted by atomic mass is 28.4. The normalized spacial score (nSPS) is 10.7. The van der Waals surface area contributed by atoms with Crippen LogP contribution in [-0.4, -0.2) is 46.5 Å². The van der Waals surface area contributed by atoms with Crippen LogP contribution in [0.15, 0.2) is 37.0 Å². The molecule has 212 valence electrons. The van der Waals surface area contributed by atoms with Crippen LogP contribution in [0.25, 0.3) is 0 Å². The van der Waals surface area contributed by atoms with Gasteiger partial charge in [0.2, 0.25) is 0 Å². The molecule has 0 saturated carbocycles. The van der Waals surface area contributed by atoms with Crippen molar-refractivity contribution < 1.29 is 41.9 Å². The van der Waals surface area contributed by atoms with E-state index in [-0.39, 0.29) is 43.1 Å². The molecule has 0 heterocycles. The quantitative estimate of drug-likeness (QED) is 0.0652. The van der Waals surface area contributed by atoms with Crippen molar-refractivity contribution in [3.05, 3.63) is 37.0 Å². The molecule has 0 aromatic rings. The van der Waals surface area contributed by atoms with Gasteiger partial charge in [-0.25, -0.2) is 14.4 Å². The summed E-state index contributed by atoms with van der Waals surface area (Å²) in [5.41, 5.74) is 0. The van der Waals surface area contributed by atoms with E-state index in [4.69, 9.17) is 27.5 Å². The minimum atomic E-state index is -4.32. The lowest BCUT2D eigenvalue weighted by Gasteiger charge is -2.28. The first-order valence-electron chi connectivity index (χ1n) is 13.3. The molecule has 0 radical (unpaired) electrons. The number of carbonyl (C=O) groups is 3. The minimum absolute atomic E-state index is 0.00490. The summed E-state index contributed by atoms with van der Waals surface area (Å²) in [5.74, 6) is -3.90. The molecule has 0 N–H and O–H groups in total. The van der Waals surface area contributed by atoms with Crippen molar-refractivity contribution in [1.29, 1.82) is 0 Å². The molecule has 0 atom stereocenters. The van der Waals surface area contributed by atoms with Gasteiger partial charge in [0.1, 0.15) is 0 Å². The number of unbranched alkanes of at least 4 members (excludes halogenated alkanes) is 9. The summed E-state index contributed by atoms with van der Waals surface area (Å²) in [7, 11) is -4.32. The Hall–Kier alpha value is -2.75. The average molecular weight is 543 g/mol. The third-order valence-corrected chi connectivity index (χ3v) is 7.67. The van der Waals surface area contributed by atoms with Crippen LogP contribution in [0.5, 0.6) is 0 Å². The van der Waals surface area contributed by atoms with Crippen molar-refractivity contribution in [2.45, 2.75) is 97.9 Å². The maximum absolute atomic E-state index is 12.7. The van der Waals surface area contributed by atoms with E-state index < -0.39 is 26.7 Å². The molecule has 0 aromatic carbocycles. The predicted octanol–water partition coefficient (Wildman–Crippen LogP) is 6.13. The number of ether oxygens (including phenoxy) is 3. The Kier molecular flexibility index (Phi) is 18.8. The number of hydrogen-bond acceptors (Lipinski definition) is 9. The summed E-state index contributed by atoms with van der Waals surface area (Å²) in [4.78, 5) is 38.0. The maximum atomic E-state index is 12.7. The van der Waals surface area contributed by atoms with Gasteiger partial charge in [0.05, 0.1) is 25.9 Å². The molecule has 0 aromatic heterocycles. The van der Waals surface area contributed by atoms with Gasteiger partial charge in [0.15, 0.2) is 17.3 Å². The van der Waals surface area contributed by atoms with Crippen molar-refractivity contribution in [3.8, 4) is 0 Å². The fourth-order valence-electron chi connectivity index (χ4n) is 3.34. The summed E-state index contributed by atoms with van der Waals surface area (Å²) in [6.45, 7) is 18.3. The van der Waals surface area contributed by atoms with Gasteiger partial charge in [0.25, 0.3) is 0 Å². The summed E-state index contributed by atoms with van der Waals surface area (Å²) in [5, 5.41) is 0. The van der Waals surface area contributed by atoms with Crippen LogP contribution in [0.4, 0.5) is 0 Å². The molecule has 0 rings (SSSR count). The summed E-state index contributed by atoms with van der Waals surface area (Å²) >= 11 is 0. The lowest BCUT2D eigenvalue weighted by atomic mass is 10.1. The molecule has 0 unspecified atom stereocenters. The highest BCUT2D eigenvalue weighted by Gasteiger charge is 2.54. The Morgan fingerprint density at radius 1 is 0.514 bits per heavy atom. The van der Waals surface area contributed by atoms with Gasteiger partial charge in [-0.3, -0.25) is 0 Å². The molecule has 0 spiro atoms. The molecule has 0 aliphatic rings. The SMILES string of the molecule is C=C(OCC)C(=O)O[Si](CCCCCCCCCCCC)(OC(=O)C(=C)OCC)OC(=O)C(=C)OCC. The van der Waals surface area contributed by atoms with Gasteiger partial charge in [0, 0.05) is 0 Å². The molecule has 0 bridgehead atoms. The van der Waals surface area contributed by atoms with E-state index in [1.165, 1.54) is 32.1 Å². The third kappa shape index (κ3) is 15.2. The fourth-order valence-corrected chi connectivity index (χ4v) is 5.64. The standard InChI is InChI=1S/C27H46O9Si/c1-8-12-13-14-15-16-17-18-19-20-21-37(34-25(28)22(5)31-9-2,35-26(29)23(6)32-10-3)36-27(30)24(7)33-11-4/h5-21H2,1-4H3. The average Bonchev–Trinajstić information content (AvgIpc) is 2.85. The first-order chi connectivity index (χ1) is 17.7. The summed E-state index contributed by atoms with van der Waals surface area (Å²) < 4.78 is 32.0. The molecule has 37 heavy (non-hydrogen) atoms. The second kappa shape index (κ2) is 20.3. The minimum Gasteiger partial charge on any atom is -0.487 e. The highest BCUT2D eigenvalue weighted by molar-refractivity contribution is 6.66. The van der Waals surface area contributed by atoms with E-state index >= 15 is 0 Å². The number of rotatable bonds is 23. The van der Waals surface area contributed by atoms with Crippen molar-refractivity contribution >= 4 is 26.7 Å². The molecular weight excluding hydrogens is 496 g/mol. The largest absolute Gasteiger partial charge is 0.706 e. The Bertz CT molecular complexity index is 669. The van der Waals surface area contributed by atoms with Crippen LogP contribution >= 0.6 is 0 Å². The van der Waals surface area contributed by atoms with Crippen molar-refractivity contribution in [3.63, 3.8) is 0 Å². The Morgan fingerprint density at radius 3 is 1.11 bits per heavy atom. The van der Waals surface area contributed by atoms with E-state index in [9.17, 15) is 14.4 Å². The zero-order valence-electron chi connectivity index (χ0n) is 23.2. The molecule has 10 heteroatoms. The molecule has 0 saturated heterocycles. The van der Waals surface area contributed by atoms with Crippen LogP contribution in [-0.2, 0) is 41.9 Å². The van der Waals surface area contributed by atoms with Crippen LogP contribution in [0, 0.1) is 0 Å². The summed E-state index contributed by atoms with van der Waals surface area (Å²) in [6, 6.07) is 0.00490. The molecule has 0 amide bonds. The number of carbonyl (C=O) groups excluding carboxylic acids is 3. The van der Waals surface area contributed by atoms with Gasteiger partial charge < -0.3 is 27.5 Å². The Balaban J connectivity index is 5.54. The monoisotopic (exact) mass is 542 g/mol. The first-order valence-corrected chi connectivity index (χ1v) is 15.2. The fraction of sp³-hybridized carbons (Fsp3) is 0.667. The van der Waals surface area contributed by atoms with Crippen molar-refractivity contribution in [2.24, 2.45) is 0 Å². The van der Waals surface area contributed by atoms with Crippen LogP contribution in [0.1, 0.15) is 91.9 Å². The van der Waals surface area contributed by atoms with E-state index in [1.54, 1.807) is 20.8 Å². The lowest BCUT2D eigenvalue weighted by molar-refractivity contribution is -0.150. The van der Waals surface area contributed by atoms with Crippen LogP contribution in [0.3, 0.4) is 0 Å². The summed E-state index contributed by atoms with van der Waals surface area (Å²) in [6.07, 6.45) is 10.6. The second-order valence-electron chi connectivity index (χ2n) is 8.35. The van der Waals surface area contributed by atoms with E-state index in [1.807, 2.05) is 0 Å². The third-order valence-electron chi connectivity index (χ3n) is 5.22. The van der Waals surface area contributed by atoms with Gasteiger partial charge in [-0.2, -0.15) is 0 Å². The highest BCUT2D eigenvalue weighted by Crippen LogP contribution is 2.25. The molecular formula is C27H46O9Si. The molecule has 0 fully saturated rings. The van der Waals surface area contributed by atoms with E-state index in [2.05, 4.69) is 26.7 Å². The van der Waals surface area contributed by atoms with E-state index in [0.29, 0.717) is 6.42 Å². The Labute approximate surface area is 223 Å². The van der Waals surface area contributed by atoms with Gasteiger partial charge in [-0.05, 0) is 46.9 Å². The molecule has 9 nitrogen and oxygen atoms in total. The second-order valence-corrected chi connectivity index (χ2v) is 10.8. The smallest absolute Gasteiger partial charge is 0.487 e. The van der Waals surface area contributed by atoms with Crippen molar-refractivity contribution in [1.82, 2.24) is 0 Å². The Morgan fingerprint density at radius 2 is 0.811 bits per heavy atom. The van der Waals surface area contributed by atoms with Gasteiger partial charge in [-0.1, -0.05) is 64.7 Å². The molecule has 0 aliphatic heterocycles. The molecule has 0 aliphatic carbocycles. The van der Waals surface area contributed by atoms with Crippen LogP contribution < -0.4 is 0 Å². The van der Waals surface area contributed by atoms with E-state index in [0.717, 1.165) is 25.7 Å². The van der Waals surface area contributed by atoms with Crippen molar-refractivity contribution in [2.75, 3.05) is 19.8 Å². The maximum Gasteiger partial charge on any atom is 0.706 e. The lowest BCUT2D eigenvalue weighted by Crippen LogP contribution is -2.51. The van der Waals surface area contributed by atoms with Gasteiger partial charge >= 0.3 is 26.7 Å².